The minimum Gasteiger partial charge on any atom is -0.460 e. The maximum atomic E-state index is 11.9. The molecule has 1 aromatic rings. The molecular formula is C16H18O6. The van der Waals surface area contributed by atoms with E-state index in [0.717, 1.165) is 0 Å². The van der Waals surface area contributed by atoms with E-state index in [1.54, 1.807) is 24.3 Å². The summed E-state index contributed by atoms with van der Waals surface area (Å²) in [6.07, 6.45) is -0.171. The highest BCUT2D eigenvalue weighted by atomic mass is 16.8. The first-order chi connectivity index (χ1) is 10.5. The fourth-order valence-corrected chi connectivity index (χ4v) is 2.51. The lowest BCUT2D eigenvalue weighted by Gasteiger charge is -2.21. The molecule has 0 bridgehead atoms. The molecule has 0 N–H and O–H groups in total. The predicted molar refractivity (Wildman–Crippen MR) is 75.6 cm³/mol. The first-order valence-electron chi connectivity index (χ1n) is 7.01. The SMILES string of the molecule is CO[C@@H]1OC(=COC(=O)c2ccccc2)[C@H]2OC(C)(C)O[C@@H]12. The first-order valence-corrected chi connectivity index (χ1v) is 7.01. The van der Waals surface area contributed by atoms with Gasteiger partial charge in [-0.05, 0) is 26.0 Å². The number of benzene rings is 1. The Bertz CT molecular complexity index is 580. The van der Waals surface area contributed by atoms with Gasteiger partial charge in [0.25, 0.3) is 0 Å². The lowest BCUT2D eigenvalue weighted by molar-refractivity contribution is -0.202. The zero-order valence-electron chi connectivity index (χ0n) is 12.6. The molecule has 2 aliphatic heterocycles. The number of rotatable bonds is 3. The molecule has 2 saturated heterocycles. The minimum atomic E-state index is -0.738. The third kappa shape index (κ3) is 2.85. The van der Waals surface area contributed by atoms with Crippen LogP contribution in [0.4, 0.5) is 0 Å². The van der Waals surface area contributed by atoms with Crippen LogP contribution in [-0.4, -0.2) is 37.4 Å². The van der Waals surface area contributed by atoms with E-state index < -0.39 is 24.2 Å². The van der Waals surface area contributed by atoms with Crippen molar-refractivity contribution < 1.29 is 28.5 Å². The second-order valence-electron chi connectivity index (χ2n) is 5.53. The standard InChI is InChI=1S/C16H18O6/c1-16(2)21-12-11(20-15(18-3)13(12)22-16)9-19-14(17)10-7-5-4-6-8-10/h4-9,12-13,15H,1-3H3/t12-,13-,15-/m1/s1. The van der Waals surface area contributed by atoms with Crippen LogP contribution in [0.2, 0.25) is 0 Å². The van der Waals surface area contributed by atoms with Gasteiger partial charge in [0.15, 0.2) is 23.8 Å². The van der Waals surface area contributed by atoms with Crippen LogP contribution in [-0.2, 0) is 23.7 Å². The van der Waals surface area contributed by atoms with Gasteiger partial charge in [0.2, 0.25) is 6.29 Å². The van der Waals surface area contributed by atoms with E-state index in [4.69, 9.17) is 23.7 Å². The van der Waals surface area contributed by atoms with Gasteiger partial charge in [0.1, 0.15) is 6.26 Å². The zero-order chi connectivity index (χ0) is 15.7. The summed E-state index contributed by atoms with van der Waals surface area (Å²) in [7, 11) is 1.52. The molecule has 0 spiro atoms. The van der Waals surface area contributed by atoms with Crippen LogP contribution in [0.5, 0.6) is 0 Å². The Morgan fingerprint density at radius 2 is 1.95 bits per heavy atom. The third-order valence-corrected chi connectivity index (χ3v) is 3.45. The van der Waals surface area contributed by atoms with Crippen LogP contribution < -0.4 is 0 Å². The average molecular weight is 306 g/mol. The highest BCUT2D eigenvalue weighted by Gasteiger charge is 2.54. The molecule has 22 heavy (non-hydrogen) atoms. The van der Waals surface area contributed by atoms with E-state index >= 15 is 0 Å². The van der Waals surface area contributed by atoms with Crippen molar-refractivity contribution in [2.45, 2.75) is 38.1 Å². The van der Waals surface area contributed by atoms with Crippen LogP contribution in [0.15, 0.2) is 42.4 Å². The highest BCUT2D eigenvalue weighted by Crippen LogP contribution is 2.40. The molecule has 0 saturated carbocycles. The quantitative estimate of drug-likeness (QED) is 0.630. The normalized spacial score (nSPS) is 30.9. The van der Waals surface area contributed by atoms with Crippen molar-refractivity contribution in [1.29, 1.82) is 0 Å². The Morgan fingerprint density at radius 3 is 2.64 bits per heavy atom. The molecule has 3 atom stereocenters. The Kier molecular flexibility index (Phi) is 3.90. The summed E-state index contributed by atoms with van der Waals surface area (Å²) in [6, 6.07) is 8.71. The van der Waals surface area contributed by atoms with E-state index in [0.29, 0.717) is 11.3 Å². The largest absolute Gasteiger partial charge is 0.460 e. The van der Waals surface area contributed by atoms with Crippen LogP contribution in [0.25, 0.3) is 0 Å². The highest BCUT2D eigenvalue weighted by molar-refractivity contribution is 5.89. The second kappa shape index (κ2) is 5.72. The van der Waals surface area contributed by atoms with Crippen LogP contribution in [0.1, 0.15) is 24.2 Å². The maximum Gasteiger partial charge on any atom is 0.343 e. The van der Waals surface area contributed by atoms with E-state index in [-0.39, 0.29) is 6.10 Å². The maximum absolute atomic E-state index is 11.9. The first kappa shape index (κ1) is 15.0. The summed E-state index contributed by atoms with van der Waals surface area (Å²) >= 11 is 0. The Morgan fingerprint density at radius 1 is 1.23 bits per heavy atom. The van der Waals surface area contributed by atoms with Gasteiger partial charge in [0, 0.05) is 7.11 Å². The molecule has 2 fully saturated rings. The molecule has 0 amide bonds. The van der Waals surface area contributed by atoms with Crippen molar-refractivity contribution in [3.8, 4) is 0 Å². The van der Waals surface area contributed by atoms with Crippen molar-refractivity contribution >= 4 is 5.97 Å². The molecule has 6 nitrogen and oxygen atoms in total. The lowest BCUT2D eigenvalue weighted by atomic mass is 10.2. The molecule has 0 unspecified atom stereocenters. The van der Waals surface area contributed by atoms with Gasteiger partial charge in [-0.25, -0.2) is 4.79 Å². The van der Waals surface area contributed by atoms with E-state index in [1.807, 2.05) is 19.9 Å². The summed E-state index contributed by atoms with van der Waals surface area (Å²) in [6.45, 7) is 3.62. The Labute approximate surface area is 128 Å². The van der Waals surface area contributed by atoms with Crippen LogP contribution in [0, 0.1) is 0 Å². The minimum absolute atomic E-state index is 0.381. The smallest absolute Gasteiger partial charge is 0.343 e. The van der Waals surface area contributed by atoms with E-state index in [1.165, 1.54) is 13.4 Å². The second-order valence-corrected chi connectivity index (χ2v) is 5.53. The summed E-state index contributed by atoms with van der Waals surface area (Å²) in [5, 5.41) is 0. The molecule has 1 aromatic carbocycles. The van der Waals surface area contributed by atoms with Gasteiger partial charge in [0.05, 0.1) is 5.56 Å². The number of hydrogen-bond donors (Lipinski definition) is 0. The molecule has 6 heteroatoms. The average Bonchev–Trinajstić information content (AvgIpc) is 2.99. The topological polar surface area (TPSA) is 63.2 Å². The van der Waals surface area contributed by atoms with Gasteiger partial charge in [-0.2, -0.15) is 0 Å². The van der Waals surface area contributed by atoms with Crippen molar-refractivity contribution in [2.24, 2.45) is 0 Å². The van der Waals surface area contributed by atoms with Gasteiger partial charge in [-0.1, -0.05) is 18.2 Å². The van der Waals surface area contributed by atoms with Crippen LogP contribution in [0.3, 0.4) is 0 Å². The van der Waals surface area contributed by atoms with E-state index in [9.17, 15) is 4.79 Å². The van der Waals surface area contributed by atoms with Gasteiger partial charge >= 0.3 is 5.97 Å². The number of ether oxygens (including phenoxy) is 5. The molecular weight excluding hydrogens is 288 g/mol. The molecule has 3 rings (SSSR count). The molecule has 118 valence electrons. The van der Waals surface area contributed by atoms with Crippen LogP contribution >= 0.6 is 0 Å². The fourth-order valence-electron chi connectivity index (χ4n) is 2.51. The van der Waals surface area contributed by atoms with Crippen molar-refractivity contribution in [2.75, 3.05) is 7.11 Å². The van der Waals surface area contributed by atoms with Crippen molar-refractivity contribution in [3.05, 3.63) is 47.9 Å². The number of esters is 1. The summed E-state index contributed by atoms with van der Waals surface area (Å²) < 4.78 is 27.5. The predicted octanol–water partition coefficient (Wildman–Crippen LogP) is 2.21. The van der Waals surface area contributed by atoms with E-state index in [2.05, 4.69) is 0 Å². The summed E-state index contributed by atoms with van der Waals surface area (Å²) in [5.74, 6) is -0.822. The van der Waals surface area contributed by atoms with Gasteiger partial charge < -0.3 is 23.7 Å². The number of methoxy groups -OCH3 is 1. The Hall–Kier alpha value is -1.89. The molecule has 0 aliphatic carbocycles. The number of fused-ring (bicyclic) bond motifs is 1. The third-order valence-electron chi connectivity index (χ3n) is 3.45. The zero-order valence-corrected chi connectivity index (χ0v) is 12.6. The van der Waals surface area contributed by atoms with Crippen molar-refractivity contribution in [3.63, 3.8) is 0 Å². The Balaban J connectivity index is 1.73. The number of hydrogen-bond acceptors (Lipinski definition) is 6. The molecule has 2 aliphatic rings. The molecule has 0 aromatic heterocycles. The number of carbonyl (C=O) groups excluding carboxylic acids is 1. The molecule has 2 heterocycles. The fraction of sp³-hybridized carbons (Fsp3) is 0.438. The monoisotopic (exact) mass is 306 g/mol. The summed E-state index contributed by atoms with van der Waals surface area (Å²) in [5.41, 5.74) is 0.459. The van der Waals surface area contributed by atoms with Crippen molar-refractivity contribution in [1.82, 2.24) is 0 Å². The molecule has 0 radical (unpaired) electrons. The number of carbonyl (C=O) groups is 1. The van der Waals surface area contributed by atoms with Gasteiger partial charge in [-0.3, -0.25) is 0 Å². The summed E-state index contributed by atoms with van der Waals surface area (Å²) in [4.78, 5) is 11.9. The van der Waals surface area contributed by atoms with Gasteiger partial charge in [-0.15, -0.1) is 0 Å². The lowest BCUT2D eigenvalue weighted by Crippen LogP contribution is -2.30.